The van der Waals surface area contributed by atoms with E-state index in [1.165, 1.54) is 11.1 Å². The summed E-state index contributed by atoms with van der Waals surface area (Å²) in [6.07, 6.45) is 0.0106. The summed E-state index contributed by atoms with van der Waals surface area (Å²) in [5.74, 6) is -0.408. The molecular formula is C22H21ClF3N7O. The van der Waals surface area contributed by atoms with E-state index < -0.39 is 18.6 Å². The fourth-order valence-corrected chi connectivity index (χ4v) is 4.60. The van der Waals surface area contributed by atoms with Crippen LogP contribution in [0.2, 0.25) is 5.02 Å². The van der Waals surface area contributed by atoms with Crippen molar-refractivity contribution in [3.63, 3.8) is 0 Å². The van der Waals surface area contributed by atoms with Crippen LogP contribution in [-0.2, 0) is 7.05 Å². The van der Waals surface area contributed by atoms with Gasteiger partial charge >= 0.3 is 6.18 Å². The molecule has 1 saturated heterocycles. The molecule has 1 fully saturated rings. The summed E-state index contributed by atoms with van der Waals surface area (Å²) in [6.45, 7) is -0.478. The zero-order chi connectivity index (χ0) is 24.0. The van der Waals surface area contributed by atoms with E-state index in [4.69, 9.17) is 11.6 Å². The number of carbonyl (C=O) groups excluding carboxylic acids is 1. The lowest BCUT2D eigenvalue weighted by atomic mass is 10.1. The molecule has 1 aliphatic rings. The molecule has 4 heterocycles. The number of benzene rings is 1. The molecule has 178 valence electrons. The van der Waals surface area contributed by atoms with Crippen molar-refractivity contribution in [3.05, 3.63) is 41.2 Å². The van der Waals surface area contributed by atoms with Crippen molar-refractivity contribution in [1.82, 2.24) is 34.9 Å². The summed E-state index contributed by atoms with van der Waals surface area (Å²) >= 11 is 6.11. The molecule has 1 atom stereocenters. The Bertz CT molecular complexity index is 1380. The van der Waals surface area contributed by atoms with Crippen LogP contribution in [0.25, 0.3) is 33.5 Å². The van der Waals surface area contributed by atoms with E-state index in [1.807, 2.05) is 6.07 Å². The zero-order valence-electron chi connectivity index (χ0n) is 18.2. The summed E-state index contributed by atoms with van der Waals surface area (Å²) in [4.78, 5) is 26.3. The van der Waals surface area contributed by atoms with Crippen molar-refractivity contribution in [2.75, 3.05) is 19.6 Å². The van der Waals surface area contributed by atoms with Crippen LogP contribution in [0.4, 0.5) is 13.2 Å². The number of hydrogen-bond donors (Lipinski definition) is 2. The van der Waals surface area contributed by atoms with E-state index in [-0.39, 0.29) is 18.2 Å². The van der Waals surface area contributed by atoms with Crippen LogP contribution >= 0.6 is 11.6 Å². The fraction of sp³-hybridized carbons (Fsp3) is 0.364. The predicted octanol–water partition coefficient (Wildman–Crippen LogP) is 3.92. The first-order valence-corrected chi connectivity index (χ1v) is 11.1. The Hall–Kier alpha value is -3.18. The minimum Gasteiger partial charge on any atom is -0.348 e. The highest BCUT2D eigenvalue weighted by molar-refractivity contribution is 6.31. The number of alkyl halides is 3. The average Bonchev–Trinajstić information content (AvgIpc) is 3.33. The number of likely N-dealkylation sites (tertiary alicyclic amines) is 1. The molecule has 8 nitrogen and oxygen atoms in total. The van der Waals surface area contributed by atoms with Gasteiger partial charge in [-0.2, -0.15) is 18.3 Å². The second kappa shape index (κ2) is 8.55. The standard InChI is InChI=1S/C22H21ClF3N7O/c1-32-17-7-12(23)4-5-14(17)18(31-32)16-9-28-20-19(30-16)15(8-27-20)21(34)29-13-3-2-6-33(10-13)11-22(24,25)26/h4-5,7-9,13H,2-3,6,10-11H2,1H3,(H,27,28)(H,29,34)/t13-/m1/s1. The van der Waals surface area contributed by atoms with E-state index in [0.29, 0.717) is 47.0 Å². The number of nitrogens with zero attached hydrogens (tertiary/aromatic N) is 5. The van der Waals surface area contributed by atoms with E-state index >= 15 is 0 Å². The Labute approximate surface area is 197 Å². The van der Waals surface area contributed by atoms with E-state index in [2.05, 4.69) is 25.4 Å². The lowest BCUT2D eigenvalue weighted by Gasteiger charge is -2.33. The third kappa shape index (κ3) is 4.45. The normalized spacial score (nSPS) is 17.5. The second-order valence-electron chi connectivity index (χ2n) is 8.45. The van der Waals surface area contributed by atoms with Crippen LogP contribution < -0.4 is 5.32 Å². The molecule has 34 heavy (non-hydrogen) atoms. The largest absolute Gasteiger partial charge is 0.401 e. The number of rotatable bonds is 4. The van der Waals surface area contributed by atoms with Gasteiger partial charge in [-0.3, -0.25) is 14.4 Å². The lowest BCUT2D eigenvalue weighted by molar-refractivity contribution is -0.148. The van der Waals surface area contributed by atoms with Crippen LogP contribution in [0.1, 0.15) is 23.2 Å². The molecule has 0 unspecified atom stereocenters. The molecule has 1 aromatic carbocycles. The molecule has 0 spiro atoms. The molecule has 3 aromatic heterocycles. The molecule has 12 heteroatoms. The van der Waals surface area contributed by atoms with Gasteiger partial charge in [0.05, 0.1) is 23.8 Å². The molecule has 0 aliphatic carbocycles. The average molecular weight is 492 g/mol. The van der Waals surface area contributed by atoms with Gasteiger partial charge in [0.1, 0.15) is 16.9 Å². The van der Waals surface area contributed by atoms with Gasteiger partial charge in [0.15, 0.2) is 5.65 Å². The number of halogens is 4. The minimum absolute atomic E-state index is 0.146. The Balaban J connectivity index is 1.41. The molecule has 2 N–H and O–H groups in total. The monoisotopic (exact) mass is 491 g/mol. The van der Waals surface area contributed by atoms with Crippen molar-refractivity contribution in [3.8, 4) is 11.4 Å². The molecule has 0 radical (unpaired) electrons. The molecule has 0 bridgehead atoms. The number of amides is 1. The first kappa shape index (κ1) is 22.6. The van der Waals surface area contributed by atoms with Crippen molar-refractivity contribution >= 4 is 39.6 Å². The number of aromatic amines is 1. The van der Waals surface area contributed by atoms with Crippen molar-refractivity contribution < 1.29 is 18.0 Å². The number of nitrogens with one attached hydrogen (secondary N) is 2. The smallest absolute Gasteiger partial charge is 0.348 e. The van der Waals surface area contributed by atoms with Crippen LogP contribution in [-0.4, -0.2) is 67.4 Å². The third-order valence-corrected chi connectivity index (χ3v) is 6.16. The summed E-state index contributed by atoms with van der Waals surface area (Å²) < 4.78 is 40.0. The maximum Gasteiger partial charge on any atom is 0.401 e. The lowest BCUT2D eigenvalue weighted by Crippen LogP contribution is -2.49. The van der Waals surface area contributed by atoms with Crippen LogP contribution in [0, 0.1) is 0 Å². The number of fused-ring (bicyclic) bond motifs is 2. The van der Waals surface area contributed by atoms with E-state index in [9.17, 15) is 18.0 Å². The summed E-state index contributed by atoms with van der Waals surface area (Å²) in [5, 5.41) is 8.83. The number of hydrogen-bond acceptors (Lipinski definition) is 5. The summed E-state index contributed by atoms with van der Waals surface area (Å²) in [6, 6.07) is 5.05. The Morgan fingerprint density at radius 1 is 1.35 bits per heavy atom. The first-order chi connectivity index (χ1) is 16.2. The van der Waals surface area contributed by atoms with Gasteiger partial charge in [0.2, 0.25) is 0 Å². The van der Waals surface area contributed by atoms with Gasteiger partial charge in [-0.05, 0) is 37.6 Å². The molecule has 1 amide bonds. The van der Waals surface area contributed by atoms with E-state index in [1.54, 1.807) is 30.1 Å². The van der Waals surface area contributed by atoms with Crippen LogP contribution in [0.5, 0.6) is 0 Å². The molecular weight excluding hydrogens is 471 g/mol. The number of piperidine rings is 1. The van der Waals surface area contributed by atoms with Crippen LogP contribution in [0.3, 0.4) is 0 Å². The summed E-state index contributed by atoms with van der Waals surface area (Å²) in [5.41, 5.74) is 3.00. The number of carbonyl (C=O) groups is 1. The maximum atomic E-state index is 13.0. The van der Waals surface area contributed by atoms with Gasteiger partial charge < -0.3 is 10.3 Å². The Kier molecular flexibility index (Phi) is 5.68. The molecule has 0 saturated carbocycles. The van der Waals surface area contributed by atoms with Gasteiger partial charge in [-0.25, -0.2) is 9.97 Å². The first-order valence-electron chi connectivity index (χ1n) is 10.7. The Morgan fingerprint density at radius 3 is 2.97 bits per heavy atom. The number of aryl methyl sites for hydroxylation is 1. The fourth-order valence-electron chi connectivity index (χ4n) is 4.43. The Morgan fingerprint density at radius 2 is 2.18 bits per heavy atom. The quantitative estimate of drug-likeness (QED) is 0.451. The zero-order valence-corrected chi connectivity index (χ0v) is 18.9. The number of aromatic nitrogens is 5. The van der Waals surface area contributed by atoms with Crippen molar-refractivity contribution in [2.24, 2.45) is 7.05 Å². The highest BCUT2D eigenvalue weighted by Gasteiger charge is 2.33. The number of H-pyrrole nitrogens is 1. The highest BCUT2D eigenvalue weighted by atomic mass is 35.5. The molecule has 4 aromatic rings. The van der Waals surface area contributed by atoms with Gasteiger partial charge in [-0.15, -0.1) is 0 Å². The minimum atomic E-state index is -4.27. The van der Waals surface area contributed by atoms with Gasteiger partial charge in [-0.1, -0.05) is 11.6 Å². The van der Waals surface area contributed by atoms with Crippen molar-refractivity contribution in [1.29, 1.82) is 0 Å². The molecule has 1 aliphatic heterocycles. The van der Waals surface area contributed by atoms with E-state index in [0.717, 1.165) is 10.9 Å². The van der Waals surface area contributed by atoms with Crippen molar-refractivity contribution in [2.45, 2.75) is 25.1 Å². The SMILES string of the molecule is Cn1nc(-c2cnc3[nH]cc(C(=O)N[C@@H]4CCCN(CC(F)(F)F)C4)c3n2)c2ccc(Cl)cc21. The maximum absolute atomic E-state index is 13.0. The predicted molar refractivity (Wildman–Crippen MR) is 122 cm³/mol. The second-order valence-corrected chi connectivity index (χ2v) is 8.89. The van der Waals surface area contributed by atoms with Gasteiger partial charge in [0, 0.05) is 36.2 Å². The molecule has 5 rings (SSSR count). The van der Waals surface area contributed by atoms with Crippen LogP contribution in [0.15, 0.2) is 30.6 Å². The highest BCUT2D eigenvalue weighted by Crippen LogP contribution is 2.29. The third-order valence-electron chi connectivity index (χ3n) is 5.93. The van der Waals surface area contributed by atoms with Gasteiger partial charge in [0.25, 0.3) is 5.91 Å². The topological polar surface area (TPSA) is 91.7 Å². The summed E-state index contributed by atoms with van der Waals surface area (Å²) in [7, 11) is 1.80.